The van der Waals surface area contributed by atoms with E-state index in [1.807, 2.05) is 6.07 Å². The van der Waals surface area contributed by atoms with Gasteiger partial charge in [0.2, 0.25) is 0 Å². The highest BCUT2D eigenvalue weighted by Gasteiger charge is 2.07. The average molecular weight is 310 g/mol. The van der Waals surface area contributed by atoms with E-state index in [-0.39, 0.29) is 12.3 Å². The summed E-state index contributed by atoms with van der Waals surface area (Å²) in [6, 6.07) is 1.87. The van der Waals surface area contributed by atoms with Gasteiger partial charge >= 0.3 is 0 Å². The van der Waals surface area contributed by atoms with E-state index in [4.69, 9.17) is 5.73 Å². The number of hydrogen-bond acceptors (Lipinski definition) is 5. The standard InChI is InChI=1S/C11H12BrN5O/c12-9-1-8(4-14-5-9)2-11(18)7-17-6-10(3-13)15-16-17/h1,4-6H,2-3,7,13H2. The van der Waals surface area contributed by atoms with Crippen LogP contribution < -0.4 is 5.73 Å². The Balaban J connectivity index is 1.96. The molecule has 0 fully saturated rings. The minimum absolute atomic E-state index is 0.0448. The Bertz CT molecular complexity index is 554. The first kappa shape index (κ1) is 12.8. The lowest BCUT2D eigenvalue weighted by molar-refractivity contribution is -0.119. The second-order valence-electron chi connectivity index (χ2n) is 3.84. The van der Waals surface area contributed by atoms with Gasteiger partial charge < -0.3 is 5.73 Å². The van der Waals surface area contributed by atoms with E-state index in [9.17, 15) is 4.79 Å². The summed E-state index contributed by atoms with van der Waals surface area (Å²) in [4.78, 5) is 15.8. The van der Waals surface area contributed by atoms with Gasteiger partial charge in [0.1, 0.15) is 6.54 Å². The lowest BCUT2D eigenvalue weighted by Crippen LogP contribution is -2.13. The molecule has 6 nitrogen and oxygen atoms in total. The molecule has 18 heavy (non-hydrogen) atoms. The number of aromatic nitrogens is 4. The molecule has 0 aromatic carbocycles. The molecular weight excluding hydrogens is 298 g/mol. The number of carbonyl (C=O) groups is 1. The predicted molar refractivity (Wildman–Crippen MR) is 68.6 cm³/mol. The van der Waals surface area contributed by atoms with E-state index >= 15 is 0 Å². The van der Waals surface area contributed by atoms with Crippen molar-refractivity contribution in [2.24, 2.45) is 5.73 Å². The first-order valence-corrected chi connectivity index (χ1v) is 6.17. The van der Waals surface area contributed by atoms with Crippen LogP contribution in [-0.2, 0) is 24.3 Å². The molecule has 2 rings (SSSR count). The molecule has 0 saturated carbocycles. The number of hydrogen-bond donors (Lipinski definition) is 1. The highest BCUT2D eigenvalue weighted by atomic mass is 79.9. The molecule has 0 spiro atoms. The number of nitrogens with two attached hydrogens (primary N) is 1. The molecule has 0 aliphatic heterocycles. The maximum atomic E-state index is 11.8. The van der Waals surface area contributed by atoms with Crippen LogP contribution in [0.15, 0.2) is 29.1 Å². The highest BCUT2D eigenvalue weighted by Crippen LogP contribution is 2.10. The van der Waals surface area contributed by atoms with Crippen LogP contribution in [0, 0.1) is 0 Å². The van der Waals surface area contributed by atoms with Crippen LogP contribution in [0.3, 0.4) is 0 Å². The van der Waals surface area contributed by atoms with Gasteiger partial charge in [-0.25, -0.2) is 4.68 Å². The monoisotopic (exact) mass is 309 g/mol. The van der Waals surface area contributed by atoms with Gasteiger partial charge in [-0.2, -0.15) is 0 Å². The van der Waals surface area contributed by atoms with E-state index in [0.29, 0.717) is 18.7 Å². The fourth-order valence-corrected chi connectivity index (χ4v) is 1.94. The van der Waals surface area contributed by atoms with Crippen LogP contribution in [0.5, 0.6) is 0 Å². The third-order valence-electron chi connectivity index (χ3n) is 2.30. The highest BCUT2D eigenvalue weighted by molar-refractivity contribution is 9.10. The van der Waals surface area contributed by atoms with E-state index in [0.717, 1.165) is 10.0 Å². The molecule has 0 aliphatic carbocycles. The lowest BCUT2D eigenvalue weighted by atomic mass is 10.1. The molecule has 0 bridgehead atoms. The van der Waals surface area contributed by atoms with Crippen molar-refractivity contribution in [3.05, 3.63) is 40.4 Å². The largest absolute Gasteiger partial charge is 0.325 e. The minimum Gasteiger partial charge on any atom is -0.325 e. The van der Waals surface area contributed by atoms with Crippen molar-refractivity contribution in [1.82, 2.24) is 20.0 Å². The molecule has 0 amide bonds. The third kappa shape index (κ3) is 3.44. The Morgan fingerprint density at radius 3 is 2.94 bits per heavy atom. The zero-order valence-electron chi connectivity index (χ0n) is 9.58. The smallest absolute Gasteiger partial charge is 0.158 e. The number of ketones is 1. The number of nitrogens with zero attached hydrogens (tertiary/aromatic N) is 4. The Morgan fingerprint density at radius 2 is 2.28 bits per heavy atom. The Morgan fingerprint density at radius 1 is 1.44 bits per heavy atom. The van der Waals surface area contributed by atoms with Gasteiger partial charge in [-0.05, 0) is 27.6 Å². The third-order valence-corrected chi connectivity index (χ3v) is 2.73. The van der Waals surface area contributed by atoms with Gasteiger partial charge in [-0.3, -0.25) is 9.78 Å². The summed E-state index contributed by atoms with van der Waals surface area (Å²) in [7, 11) is 0. The van der Waals surface area contributed by atoms with Crippen LogP contribution in [0.4, 0.5) is 0 Å². The second kappa shape index (κ2) is 5.83. The van der Waals surface area contributed by atoms with Crippen LogP contribution in [0.2, 0.25) is 0 Å². The van der Waals surface area contributed by atoms with E-state index in [1.165, 1.54) is 4.68 Å². The normalized spacial score (nSPS) is 10.6. The predicted octanol–water partition coefficient (Wildman–Crippen LogP) is 0.706. The van der Waals surface area contributed by atoms with Crippen molar-refractivity contribution in [2.75, 3.05) is 0 Å². The minimum atomic E-state index is 0.0448. The molecule has 2 aromatic rings. The maximum absolute atomic E-state index is 11.8. The summed E-state index contributed by atoms with van der Waals surface area (Å²) >= 11 is 3.32. The summed E-state index contributed by atoms with van der Waals surface area (Å²) in [6.45, 7) is 0.517. The molecule has 0 saturated heterocycles. The molecule has 0 unspecified atom stereocenters. The van der Waals surface area contributed by atoms with Gasteiger partial charge in [-0.15, -0.1) is 5.10 Å². The summed E-state index contributed by atoms with van der Waals surface area (Å²) < 4.78 is 2.36. The van der Waals surface area contributed by atoms with Gasteiger partial charge in [0, 0.05) is 29.8 Å². The van der Waals surface area contributed by atoms with E-state index in [1.54, 1.807) is 18.6 Å². The Hall–Kier alpha value is -1.60. The molecule has 2 N–H and O–H groups in total. The molecule has 7 heteroatoms. The second-order valence-corrected chi connectivity index (χ2v) is 4.75. The maximum Gasteiger partial charge on any atom is 0.158 e. The Kier molecular flexibility index (Phi) is 4.16. The molecule has 2 aromatic heterocycles. The SMILES string of the molecule is NCc1cn(CC(=O)Cc2cncc(Br)c2)nn1. The molecule has 0 radical (unpaired) electrons. The van der Waals surface area contributed by atoms with Gasteiger partial charge in [0.05, 0.1) is 11.9 Å². The molecule has 2 heterocycles. The average Bonchev–Trinajstić information content (AvgIpc) is 2.76. The van der Waals surface area contributed by atoms with Crippen molar-refractivity contribution < 1.29 is 4.79 Å². The number of halogens is 1. The fourth-order valence-electron chi connectivity index (χ4n) is 1.53. The van der Waals surface area contributed by atoms with Crippen LogP contribution in [0.25, 0.3) is 0 Å². The zero-order valence-corrected chi connectivity index (χ0v) is 11.2. The zero-order chi connectivity index (χ0) is 13.0. The topological polar surface area (TPSA) is 86.7 Å². The quantitative estimate of drug-likeness (QED) is 0.879. The van der Waals surface area contributed by atoms with Crippen molar-refractivity contribution in [1.29, 1.82) is 0 Å². The number of pyridine rings is 1. The summed E-state index contributed by atoms with van der Waals surface area (Å²) in [6.07, 6.45) is 5.36. The Labute approximate surface area is 112 Å². The first-order chi connectivity index (χ1) is 8.67. The molecule has 0 aliphatic rings. The van der Waals surface area contributed by atoms with Gasteiger partial charge in [0.15, 0.2) is 5.78 Å². The van der Waals surface area contributed by atoms with Crippen molar-refractivity contribution in [2.45, 2.75) is 19.5 Å². The summed E-state index contributed by atoms with van der Waals surface area (Å²) in [5.41, 5.74) is 6.96. The van der Waals surface area contributed by atoms with E-state index in [2.05, 4.69) is 31.2 Å². The lowest BCUT2D eigenvalue weighted by Gasteiger charge is -2.01. The number of carbonyl (C=O) groups excluding carboxylic acids is 1. The first-order valence-electron chi connectivity index (χ1n) is 5.37. The van der Waals surface area contributed by atoms with Crippen molar-refractivity contribution >= 4 is 21.7 Å². The van der Waals surface area contributed by atoms with Crippen LogP contribution in [0.1, 0.15) is 11.3 Å². The molecule has 0 atom stereocenters. The van der Waals surface area contributed by atoms with Crippen molar-refractivity contribution in [3.63, 3.8) is 0 Å². The van der Waals surface area contributed by atoms with Gasteiger partial charge in [0.25, 0.3) is 0 Å². The molecular formula is C11H12BrN5O. The van der Waals surface area contributed by atoms with Crippen LogP contribution in [-0.4, -0.2) is 25.8 Å². The van der Waals surface area contributed by atoms with Crippen molar-refractivity contribution in [3.8, 4) is 0 Å². The number of Topliss-reactive ketones (excluding diaryl/α,β-unsaturated/α-hetero) is 1. The van der Waals surface area contributed by atoms with Crippen LogP contribution >= 0.6 is 15.9 Å². The summed E-state index contributed by atoms with van der Waals surface area (Å²) in [5.74, 6) is 0.0448. The fraction of sp³-hybridized carbons (Fsp3) is 0.273. The summed E-state index contributed by atoms with van der Waals surface area (Å²) in [5, 5.41) is 7.65. The number of rotatable bonds is 5. The molecule has 94 valence electrons. The van der Waals surface area contributed by atoms with E-state index < -0.39 is 0 Å². The van der Waals surface area contributed by atoms with Gasteiger partial charge in [-0.1, -0.05) is 5.21 Å².